The first-order chi connectivity index (χ1) is 6.49. The Kier molecular flexibility index (Phi) is 2.84. The SMILES string of the molecule is CC(C)(C)c1ccc([C]=O)c([C]=O)c1. The fraction of sp³-hybridized carbons (Fsp3) is 0.333. The van der Waals surface area contributed by atoms with E-state index in [9.17, 15) is 9.59 Å². The van der Waals surface area contributed by atoms with E-state index in [2.05, 4.69) is 0 Å². The summed E-state index contributed by atoms with van der Waals surface area (Å²) in [7, 11) is 0. The topological polar surface area (TPSA) is 34.1 Å². The Morgan fingerprint density at radius 3 is 2.00 bits per heavy atom. The first-order valence-electron chi connectivity index (χ1n) is 4.40. The zero-order chi connectivity index (χ0) is 10.8. The van der Waals surface area contributed by atoms with Gasteiger partial charge in [0.2, 0.25) is 12.6 Å². The summed E-state index contributed by atoms with van der Waals surface area (Å²) in [6.45, 7) is 6.13. The molecule has 2 radical (unpaired) electrons. The highest BCUT2D eigenvalue weighted by atomic mass is 16.1. The zero-order valence-electron chi connectivity index (χ0n) is 8.55. The molecule has 1 aromatic rings. The maximum Gasteiger partial charge on any atom is 0.234 e. The molecule has 0 aliphatic carbocycles. The molecule has 2 nitrogen and oxygen atoms in total. The Morgan fingerprint density at radius 2 is 1.57 bits per heavy atom. The van der Waals surface area contributed by atoms with Gasteiger partial charge in [-0.3, -0.25) is 9.59 Å². The molecule has 0 saturated carbocycles. The van der Waals surface area contributed by atoms with Crippen LogP contribution in [0.15, 0.2) is 18.2 Å². The molecule has 0 unspecified atom stereocenters. The highest BCUT2D eigenvalue weighted by molar-refractivity contribution is 5.90. The monoisotopic (exact) mass is 188 g/mol. The predicted molar refractivity (Wildman–Crippen MR) is 54.7 cm³/mol. The van der Waals surface area contributed by atoms with Crippen molar-refractivity contribution in [3.63, 3.8) is 0 Å². The summed E-state index contributed by atoms with van der Waals surface area (Å²) >= 11 is 0. The van der Waals surface area contributed by atoms with Crippen LogP contribution in [0.5, 0.6) is 0 Å². The van der Waals surface area contributed by atoms with Crippen LogP contribution >= 0.6 is 0 Å². The van der Waals surface area contributed by atoms with Crippen molar-refractivity contribution in [2.75, 3.05) is 0 Å². The van der Waals surface area contributed by atoms with Crippen LogP contribution in [0.3, 0.4) is 0 Å². The third-order valence-electron chi connectivity index (χ3n) is 2.11. The molecule has 0 fully saturated rings. The van der Waals surface area contributed by atoms with E-state index in [-0.39, 0.29) is 16.5 Å². The van der Waals surface area contributed by atoms with Crippen LogP contribution in [0.25, 0.3) is 0 Å². The molecule has 0 amide bonds. The Morgan fingerprint density at radius 1 is 1.00 bits per heavy atom. The van der Waals surface area contributed by atoms with Crippen molar-refractivity contribution in [1.82, 2.24) is 0 Å². The summed E-state index contributed by atoms with van der Waals surface area (Å²) in [5.41, 5.74) is 1.53. The average Bonchev–Trinajstić information content (AvgIpc) is 2.15. The second-order valence-corrected chi connectivity index (χ2v) is 4.21. The van der Waals surface area contributed by atoms with Crippen LogP contribution in [-0.4, -0.2) is 12.6 Å². The minimum atomic E-state index is -0.0347. The van der Waals surface area contributed by atoms with Crippen molar-refractivity contribution in [1.29, 1.82) is 0 Å². The van der Waals surface area contributed by atoms with E-state index < -0.39 is 0 Å². The quantitative estimate of drug-likeness (QED) is 0.710. The maximum atomic E-state index is 10.6. The molecule has 0 saturated heterocycles. The minimum Gasteiger partial charge on any atom is -0.285 e. The molecule has 0 heterocycles. The second kappa shape index (κ2) is 3.74. The number of rotatable bonds is 2. The smallest absolute Gasteiger partial charge is 0.234 e. The van der Waals surface area contributed by atoms with Gasteiger partial charge in [-0.15, -0.1) is 0 Å². The van der Waals surface area contributed by atoms with Crippen molar-refractivity contribution in [2.24, 2.45) is 0 Å². The lowest BCUT2D eigenvalue weighted by Gasteiger charge is -2.19. The second-order valence-electron chi connectivity index (χ2n) is 4.21. The molecule has 0 N–H and O–H groups in total. The third-order valence-corrected chi connectivity index (χ3v) is 2.11. The molecule has 0 aromatic heterocycles. The zero-order valence-corrected chi connectivity index (χ0v) is 8.55. The Balaban J connectivity index is 3.27. The predicted octanol–water partition coefficient (Wildman–Crippen LogP) is 1.90. The van der Waals surface area contributed by atoms with Crippen LogP contribution in [0.4, 0.5) is 0 Å². The van der Waals surface area contributed by atoms with E-state index in [0.29, 0.717) is 0 Å². The summed E-state index contributed by atoms with van der Waals surface area (Å²) in [6.07, 6.45) is 3.46. The highest BCUT2D eigenvalue weighted by Gasteiger charge is 2.15. The molecule has 72 valence electrons. The number of carbonyl (C=O) groups excluding carboxylic acids is 2. The van der Waals surface area contributed by atoms with Crippen LogP contribution < -0.4 is 0 Å². The van der Waals surface area contributed by atoms with Crippen molar-refractivity contribution in [3.8, 4) is 0 Å². The minimum absolute atomic E-state index is 0.0347. The van der Waals surface area contributed by atoms with E-state index in [1.807, 2.05) is 26.8 Å². The van der Waals surface area contributed by atoms with Crippen LogP contribution in [-0.2, 0) is 15.0 Å². The molecule has 1 aromatic carbocycles. The van der Waals surface area contributed by atoms with Crippen molar-refractivity contribution in [2.45, 2.75) is 26.2 Å². The van der Waals surface area contributed by atoms with Crippen LogP contribution in [0.1, 0.15) is 37.5 Å². The van der Waals surface area contributed by atoms with Crippen molar-refractivity contribution in [3.05, 3.63) is 34.9 Å². The van der Waals surface area contributed by atoms with E-state index in [1.165, 1.54) is 0 Å². The lowest BCUT2D eigenvalue weighted by Crippen LogP contribution is -2.12. The van der Waals surface area contributed by atoms with Gasteiger partial charge in [-0.25, -0.2) is 0 Å². The first-order valence-corrected chi connectivity index (χ1v) is 4.40. The average molecular weight is 188 g/mol. The van der Waals surface area contributed by atoms with Gasteiger partial charge in [0.05, 0.1) is 0 Å². The summed E-state index contributed by atoms with van der Waals surface area (Å²) in [4.78, 5) is 21.0. The summed E-state index contributed by atoms with van der Waals surface area (Å²) in [5.74, 6) is 0. The molecule has 0 spiro atoms. The number of hydrogen-bond donors (Lipinski definition) is 0. The molecule has 0 bridgehead atoms. The summed E-state index contributed by atoms with van der Waals surface area (Å²) in [5, 5.41) is 0. The lowest BCUT2D eigenvalue weighted by atomic mass is 9.85. The first kappa shape index (κ1) is 10.6. The van der Waals surface area contributed by atoms with Gasteiger partial charge in [-0.1, -0.05) is 26.8 Å². The molecule has 0 aliphatic heterocycles. The molecule has 2 heteroatoms. The van der Waals surface area contributed by atoms with Gasteiger partial charge in [-0.2, -0.15) is 0 Å². The fourth-order valence-corrected chi connectivity index (χ4v) is 1.18. The molecular formula is C12H12O2. The van der Waals surface area contributed by atoms with E-state index in [4.69, 9.17) is 0 Å². The lowest BCUT2D eigenvalue weighted by molar-refractivity contribution is 0.557. The Hall–Kier alpha value is -1.44. The number of hydrogen-bond acceptors (Lipinski definition) is 2. The van der Waals surface area contributed by atoms with Gasteiger partial charge in [-0.05, 0) is 23.1 Å². The maximum absolute atomic E-state index is 10.6. The largest absolute Gasteiger partial charge is 0.285 e. The fourth-order valence-electron chi connectivity index (χ4n) is 1.18. The Labute approximate surface area is 83.9 Å². The van der Waals surface area contributed by atoms with Crippen molar-refractivity contribution < 1.29 is 9.59 Å². The van der Waals surface area contributed by atoms with Crippen LogP contribution in [0.2, 0.25) is 0 Å². The molecule has 1 rings (SSSR count). The molecular weight excluding hydrogens is 176 g/mol. The number of benzene rings is 1. The van der Waals surface area contributed by atoms with Gasteiger partial charge in [0.25, 0.3) is 0 Å². The highest BCUT2D eigenvalue weighted by Crippen LogP contribution is 2.23. The normalized spacial score (nSPS) is 11.1. The van der Waals surface area contributed by atoms with E-state index in [0.717, 1.165) is 5.56 Å². The van der Waals surface area contributed by atoms with Gasteiger partial charge in [0.1, 0.15) is 0 Å². The summed E-state index contributed by atoms with van der Waals surface area (Å²) in [6, 6.07) is 5.13. The standard InChI is InChI=1S/C12H12O2/c1-12(2,3)11-5-4-9(7-13)10(6-11)8-14/h4-6H,1-3H3. The third kappa shape index (κ3) is 2.08. The van der Waals surface area contributed by atoms with E-state index in [1.54, 1.807) is 24.7 Å². The molecule has 0 aliphatic rings. The molecule has 14 heavy (non-hydrogen) atoms. The van der Waals surface area contributed by atoms with Gasteiger partial charge in [0.15, 0.2) is 0 Å². The summed E-state index contributed by atoms with van der Waals surface area (Å²) < 4.78 is 0. The van der Waals surface area contributed by atoms with Gasteiger partial charge < -0.3 is 0 Å². The molecule has 0 atom stereocenters. The van der Waals surface area contributed by atoms with Crippen molar-refractivity contribution >= 4 is 12.6 Å². The van der Waals surface area contributed by atoms with Crippen LogP contribution in [0, 0.1) is 0 Å². The van der Waals surface area contributed by atoms with E-state index >= 15 is 0 Å². The van der Waals surface area contributed by atoms with Gasteiger partial charge in [0, 0.05) is 11.1 Å². The van der Waals surface area contributed by atoms with Gasteiger partial charge >= 0.3 is 0 Å². The Bertz CT molecular complexity index is 359.